The van der Waals surface area contributed by atoms with Gasteiger partial charge in [0, 0.05) is 37.1 Å². The number of carbonyl (C=O) groups is 1. The van der Waals surface area contributed by atoms with Crippen LogP contribution in [0.25, 0.3) is 11.3 Å². The second-order valence-corrected chi connectivity index (χ2v) is 6.75. The molecule has 1 N–H and O–H groups in total. The highest BCUT2D eigenvalue weighted by molar-refractivity contribution is 5.94. The van der Waals surface area contributed by atoms with Crippen molar-refractivity contribution in [2.24, 2.45) is 13.0 Å². The van der Waals surface area contributed by atoms with Gasteiger partial charge in [0.1, 0.15) is 5.69 Å². The second kappa shape index (κ2) is 6.02. The zero-order valence-corrected chi connectivity index (χ0v) is 13.7. The number of piperidine rings is 3. The van der Waals surface area contributed by atoms with Gasteiger partial charge in [-0.25, -0.2) is 4.98 Å². The maximum atomic E-state index is 13.0. The number of halogens is 1. The van der Waals surface area contributed by atoms with Crippen molar-refractivity contribution in [3.05, 3.63) is 42.1 Å². The predicted octanol–water partition coefficient (Wildman–Crippen LogP) is 2.05. The highest BCUT2D eigenvalue weighted by Gasteiger charge is 2.35. The zero-order chi connectivity index (χ0) is 16.7. The Kier molecular flexibility index (Phi) is 3.84. The van der Waals surface area contributed by atoms with Gasteiger partial charge < -0.3 is 14.8 Å². The van der Waals surface area contributed by atoms with E-state index in [4.69, 9.17) is 0 Å². The Morgan fingerprint density at radius 3 is 2.67 bits per heavy atom. The Morgan fingerprint density at radius 2 is 2.04 bits per heavy atom. The lowest BCUT2D eigenvalue weighted by Gasteiger charge is -2.44. The Hall–Kier alpha value is -2.21. The summed E-state index contributed by atoms with van der Waals surface area (Å²) in [6.07, 6.45) is 3.83. The molecule has 1 amide bonds. The van der Waals surface area contributed by atoms with E-state index >= 15 is 0 Å². The minimum atomic E-state index is -0.506. The van der Waals surface area contributed by atoms with Gasteiger partial charge in [0.15, 0.2) is 0 Å². The van der Waals surface area contributed by atoms with Crippen LogP contribution in [0.2, 0.25) is 0 Å². The van der Waals surface area contributed by atoms with Crippen LogP contribution in [0.5, 0.6) is 0 Å². The van der Waals surface area contributed by atoms with Gasteiger partial charge in [-0.2, -0.15) is 4.39 Å². The van der Waals surface area contributed by atoms with E-state index in [-0.39, 0.29) is 11.9 Å². The van der Waals surface area contributed by atoms with Gasteiger partial charge in [-0.05, 0) is 56.1 Å². The Bertz CT molecular complexity index is 747. The van der Waals surface area contributed by atoms with Crippen molar-refractivity contribution in [2.45, 2.75) is 18.9 Å². The van der Waals surface area contributed by atoms with Gasteiger partial charge >= 0.3 is 0 Å². The van der Waals surface area contributed by atoms with Crippen LogP contribution < -0.4 is 5.32 Å². The molecule has 126 valence electrons. The van der Waals surface area contributed by atoms with Gasteiger partial charge in [0.05, 0.1) is 0 Å². The molecule has 2 bridgehead atoms. The molecule has 3 aliphatic rings. The van der Waals surface area contributed by atoms with E-state index in [0.717, 1.165) is 30.9 Å². The lowest BCUT2D eigenvalue weighted by atomic mass is 9.84. The maximum Gasteiger partial charge on any atom is 0.268 e. The molecule has 0 aromatic carbocycles. The number of hydrogen-bond acceptors (Lipinski definition) is 3. The number of fused-ring (bicyclic) bond motifs is 3. The lowest BCUT2D eigenvalue weighted by Crippen LogP contribution is -2.57. The van der Waals surface area contributed by atoms with Crippen molar-refractivity contribution < 1.29 is 9.18 Å². The minimum Gasteiger partial charge on any atom is -0.346 e. The van der Waals surface area contributed by atoms with E-state index in [2.05, 4.69) is 15.2 Å². The largest absolute Gasteiger partial charge is 0.346 e. The first-order chi connectivity index (χ1) is 11.6. The van der Waals surface area contributed by atoms with Crippen LogP contribution in [-0.2, 0) is 7.05 Å². The molecule has 3 saturated heterocycles. The van der Waals surface area contributed by atoms with E-state index < -0.39 is 5.95 Å². The SMILES string of the molecule is Cn1c(C(=O)N[C@H]2CN3CCC2CC3)ccc1-c1ccc(F)nc1. The molecule has 3 fully saturated rings. The number of carbonyl (C=O) groups excluding carboxylic acids is 1. The number of rotatable bonds is 3. The van der Waals surface area contributed by atoms with Gasteiger partial charge in [-0.1, -0.05) is 0 Å². The smallest absolute Gasteiger partial charge is 0.268 e. The number of hydrogen-bond donors (Lipinski definition) is 1. The summed E-state index contributed by atoms with van der Waals surface area (Å²) < 4.78 is 14.8. The average Bonchev–Trinajstić information content (AvgIpc) is 2.98. The molecule has 24 heavy (non-hydrogen) atoms. The number of pyridine rings is 1. The Morgan fingerprint density at radius 1 is 1.25 bits per heavy atom. The molecule has 5 heterocycles. The van der Waals surface area contributed by atoms with Crippen LogP contribution in [0, 0.1) is 11.9 Å². The fourth-order valence-electron chi connectivity index (χ4n) is 3.93. The highest BCUT2D eigenvalue weighted by Crippen LogP contribution is 2.28. The molecule has 2 aromatic rings. The Balaban J connectivity index is 1.52. The van der Waals surface area contributed by atoms with Crippen LogP contribution in [0.4, 0.5) is 4.39 Å². The molecule has 1 atom stereocenters. The lowest BCUT2D eigenvalue weighted by molar-refractivity contribution is 0.0616. The summed E-state index contributed by atoms with van der Waals surface area (Å²) in [5, 5.41) is 3.20. The number of nitrogens with one attached hydrogen (secondary N) is 1. The summed E-state index contributed by atoms with van der Waals surface area (Å²) in [5.41, 5.74) is 2.26. The highest BCUT2D eigenvalue weighted by atomic mass is 19.1. The predicted molar refractivity (Wildman–Crippen MR) is 89.0 cm³/mol. The van der Waals surface area contributed by atoms with Crippen LogP contribution in [0.15, 0.2) is 30.5 Å². The van der Waals surface area contributed by atoms with E-state index in [1.165, 1.54) is 25.1 Å². The van der Waals surface area contributed by atoms with Gasteiger partial charge in [-0.15, -0.1) is 0 Å². The van der Waals surface area contributed by atoms with E-state index in [1.54, 1.807) is 6.07 Å². The molecule has 5 nitrogen and oxygen atoms in total. The first-order valence-electron chi connectivity index (χ1n) is 8.42. The molecular weight excluding hydrogens is 307 g/mol. The summed E-state index contributed by atoms with van der Waals surface area (Å²) in [6, 6.07) is 6.93. The molecule has 3 aliphatic heterocycles. The summed E-state index contributed by atoms with van der Waals surface area (Å²) in [4.78, 5) is 18.8. The average molecular weight is 328 g/mol. The zero-order valence-electron chi connectivity index (χ0n) is 13.7. The summed E-state index contributed by atoms with van der Waals surface area (Å²) in [5.74, 6) is 0.0471. The molecule has 0 aliphatic carbocycles. The van der Waals surface area contributed by atoms with Crippen LogP contribution in [0.1, 0.15) is 23.3 Å². The normalized spacial score (nSPS) is 25.7. The number of nitrogens with zero attached hydrogens (tertiary/aromatic N) is 3. The monoisotopic (exact) mass is 328 g/mol. The molecule has 0 radical (unpaired) electrons. The topological polar surface area (TPSA) is 50.2 Å². The third-order valence-corrected chi connectivity index (χ3v) is 5.35. The summed E-state index contributed by atoms with van der Waals surface area (Å²) >= 11 is 0. The third kappa shape index (κ3) is 2.71. The van der Waals surface area contributed by atoms with Crippen molar-refractivity contribution in [3.8, 4) is 11.3 Å². The maximum absolute atomic E-state index is 13.0. The van der Waals surface area contributed by atoms with Crippen molar-refractivity contribution in [2.75, 3.05) is 19.6 Å². The minimum absolute atomic E-state index is 0.0439. The fourth-order valence-corrected chi connectivity index (χ4v) is 3.93. The first kappa shape index (κ1) is 15.3. The molecule has 0 saturated carbocycles. The van der Waals surface area contributed by atoms with Crippen molar-refractivity contribution in [1.82, 2.24) is 19.8 Å². The second-order valence-electron chi connectivity index (χ2n) is 6.75. The molecule has 0 spiro atoms. The Labute approximate surface area is 140 Å². The molecule has 5 rings (SSSR count). The standard InChI is InChI=1S/C18H21FN4O/c1-22-15(13-2-5-17(19)20-10-13)3-4-16(22)18(24)21-14-11-23-8-6-12(14)7-9-23/h2-5,10,12,14H,6-9,11H2,1H3,(H,21,24)/t14-/m0/s1. The molecule has 2 aromatic heterocycles. The molecule has 6 heteroatoms. The van der Waals surface area contributed by atoms with Crippen molar-refractivity contribution in [3.63, 3.8) is 0 Å². The third-order valence-electron chi connectivity index (χ3n) is 5.35. The quantitative estimate of drug-likeness (QED) is 0.878. The van der Waals surface area contributed by atoms with Crippen molar-refractivity contribution in [1.29, 1.82) is 0 Å². The summed E-state index contributed by atoms with van der Waals surface area (Å²) in [7, 11) is 1.85. The van der Waals surface area contributed by atoms with E-state index in [9.17, 15) is 9.18 Å². The van der Waals surface area contributed by atoms with E-state index in [1.807, 2.05) is 23.7 Å². The van der Waals surface area contributed by atoms with Crippen molar-refractivity contribution >= 4 is 5.91 Å². The number of amides is 1. The van der Waals surface area contributed by atoms with Gasteiger partial charge in [-0.3, -0.25) is 4.79 Å². The molecule has 0 unspecified atom stereocenters. The molecular formula is C18H21FN4O. The van der Waals surface area contributed by atoms with Gasteiger partial charge in [0.2, 0.25) is 5.95 Å². The van der Waals surface area contributed by atoms with E-state index in [0.29, 0.717) is 11.6 Å². The van der Waals surface area contributed by atoms with Crippen LogP contribution in [0.3, 0.4) is 0 Å². The van der Waals surface area contributed by atoms with Crippen LogP contribution in [-0.4, -0.2) is 46.0 Å². The number of aromatic nitrogens is 2. The fraction of sp³-hybridized carbons (Fsp3) is 0.444. The van der Waals surface area contributed by atoms with Crippen LogP contribution >= 0.6 is 0 Å². The summed E-state index contributed by atoms with van der Waals surface area (Å²) in [6.45, 7) is 3.27. The van der Waals surface area contributed by atoms with Gasteiger partial charge in [0.25, 0.3) is 5.91 Å². The first-order valence-corrected chi connectivity index (χ1v) is 8.42.